The summed E-state index contributed by atoms with van der Waals surface area (Å²) in [6.07, 6.45) is 2.03. The van der Waals surface area contributed by atoms with Crippen molar-refractivity contribution in [1.82, 2.24) is 5.32 Å². The monoisotopic (exact) mass is 251 g/mol. The number of aliphatic hydroxyl groups excluding tert-OH is 1. The van der Waals surface area contributed by atoms with Gasteiger partial charge in [-0.25, -0.2) is 0 Å². The van der Waals surface area contributed by atoms with Crippen LogP contribution in [0.2, 0.25) is 0 Å². The fourth-order valence-corrected chi connectivity index (χ4v) is 1.69. The maximum atomic E-state index is 9.46. The molecule has 4 nitrogen and oxygen atoms in total. The van der Waals surface area contributed by atoms with Crippen molar-refractivity contribution in [2.45, 2.75) is 31.5 Å². The van der Waals surface area contributed by atoms with E-state index in [4.69, 9.17) is 9.47 Å². The Balaban J connectivity index is 1.72. The Morgan fingerprint density at radius 1 is 1.28 bits per heavy atom. The quantitative estimate of drug-likeness (QED) is 0.732. The lowest BCUT2D eigenvalue weighted by atomic mass is 10.2. The minimum absolute atomic E-state index is 0.257. The summed E-state index contributed by atoms with van der Waals surface area (Å²) in [4.78, 5) is 0. The van der Waals surface area contributed by atoms with Crippen LogP contribution in [-0.4, -0.2) is 37.6 Å². The predicted octanol–water partition coefficient (Wildman–Crippen LogP) is 1.32. The summed E-state index contributed by atoms with van der Waals surface area (Å²) in [7, 11) is 1.56. The second kappa shape index (κ2) is 6.73. The summed E-state index contributed by atoms with van der Waals surface area (Å²) in [5, 5.41) is 12.9. The fraction of sp³-hybridized carbons (Fsp3) is 0.571. The Morgan fingerprint density at radius 2 is 2.00 bits per heavy atom. The highest BCUT2D eigenvalue weighted by molar-refractivity contribution is 5.27. The van der Waals surface area contributed by atoms with E-state index in [0.29, 0.717) is 6.61 Å². The molecule has 0 bridgehead atoms. The van der Waals surface area contributed by atoms with Crippen LogP contribution in [0.3, 0.4) is 0 Å². The maximum absolute atomic E-state index is 9.46. The predicted molar refractivity (Wildman–Crippen MR) is 69.7 cm³/mol. The molecule has 1 aliphatic rings. The highest BCUT2D eigenvalue weighted by Crippen LogP contribution is 2.19. The Hall–Kier alpha value is -1.10. The first-order valence-corrected chi connectivity index (χ1v) is 6.40. The molecule has 18 heavy (non-hydrogen) atoms. The van der Waals surface area contributed by atoms with Gasteiger partial charge in [0.05, 0.1) is 6.61 Å². The van der Waals surface area contributed by atoms with Gasteiger partial charge < -0.3 is 19.9 Å². The molecule has 0 heterocycles. The Kier molecular flexibility index (Phi) is 4.99. The molecule has 2 N–H and O–H groups in total. The van der Waals surface area contributed by atoms with E-state index in [0.717, 1.165) is 18.3 Å². The number of benzene rings is 1. The number of hydrogen-bond acceptors (Lipinski definition) is 4. The smallest absolute Gasteiger partial charge is 0.119 e. The number of hydrogen-bond donors (Lipinski definition) is 2. The Bertz CT molecular complexity index is 349. The van der Waals surface area contributed by atoms with Crippen molar-refractivity contribution in [1.29, 1.82) is 0 Å². The number of ether oxygens (including phenoxy) is 2. The average molecular weight is 251 g/mol. The molecule has 2 rings (SSSR count). The van der Waals surface area contributed by atoms with Crippen LogP contribution in [-0.2, 0) is 11.3 Å². The van der Waals surface area contributed by atoms with Crippen molar-refractivity contribution in [3.8, 4) is 5.75 Å². The molecule has 0 aliphatic heterocycles. The zero-order chi connectivity index (χ0) is 12.8. The number of methoxy groups -OCH3 is 1. The first-order valence-electron chi connectivity index (χ1n) is 6.40. The molecule has 1 aliphatic carbocycles. The maximum Gasteiger partial charge on any atom is 0.119 e. The van der Waals surface area contributed by atoms with Crippen LogP contribution in [0.5, 0.6) is 5.75 Å². The summed E-state index contributed by atoms with van der Waals surface area (Å²) in [6, 6.07) is 8.69. The zero-order valence-corrected chi connectivity index (χ0v) is 10.8. The lowest BCUT2D eigenvalue weighted by Crippen LogP contribution is -2.22. The van der Waals surface area contributed by atoms with Gasteiger partial charge in [-0.2, -0.15) is 0 Å². The van der Waals surface area contributed by atoms with Gasteiger partial charge in [0.1, 0.15) is 18.5 Å². The van der Waals surface area contributed by atoms with E-state index in [2.05, 4.69) is 5.32 Å². The van der Waals surface area contributed by atoms with E-state index in [1.165, 1.54) is 18.4 Å². The Labute approximate surface area is 108 Å². The first kappa shape index (κ1) is 13.3. The standard InChI is InChI=1S/C14H21NO3/c1-17-9-13(16)10-18-14-6-2-11(3-7-14)8-15-12-4-5-12/h2-3,6-7,12-13,15-16H,4-5,8-10H2,1H3. The third-order valence-electron chi connectivity index (χ3n) is 2.90. The number of nitrogens with one attached hydrogen (secondary N) is 1. The van der Waals surface area contributed by atoms with Gasteiger partial charge in [0.25, 0.3) is 0 Å². The van der Waals surface area contributed by atoms with Crippen molar-refractivity contribution < 1.29 is 14.6 Å². The largest absolute Gasteiger partial charge is 0.491 e. The minimum atomic E-state index is -0.578. The molecule has 0 aromatic heterocycles. The normalized spacial score (nSPS) is 16.6. The van der Waals surface area contributed by atoms with Gasteiger partial charge in [0, 0.05) is 19.7 Å². The summed E-state index contributed by atoms with van der Waals surface area (Å²) in [5.41, 5.74) is 1.26. The van der Waals surface area contributed by atoms with Crippen molar-refractivity contribution >= 4 is 0 Å². The zero-order valence-electron chi connectivity index (χ0n) is 10.8. The van der Waals surface area contributed by atoms with Gasteiger partial charge >= 0.3 is 0 Å². The SMILES string of the molecule is COCC(O)COc1ccc(CNC2CC2)cc1. The molecule has 0 saturated heterocycles. The van der Waals surface area contributed by atoms with Gasteiger partial charge in [-0.15, -0.1) is 0 Å². The second-order valence-electron chi connectivity index (χ2n) is 4.72. The van der Waals surface area contributed by atoms with E-state index >= 15 is 0 Å². The molecule has 0 spiro atoms. The van der Waals surface area contributed by atoms with Gasteiger partial charge in [0.15, 0.2) is 0 Å². The van der Waals surface area contributed by atoms with Crippen LogP contribution in [0.25, 0.3) is 0 Å². The summed E-state index contributed by atoms with van der Waals surface area (Å²) < 4.78 is 10.3. The minimum Gasteiger partial charge on any atom is -0.491 e. The first-order chi connectivity index (χ1) is 8.78. The molecule has 4 heteroatoms. The van der Waals surface area contributed by atoms with E-state index in [1.54, 1.807) is 7.11 Å². The highest BCUT2D eigenvalue weighted by Gasteiger charge is 2.19. The molecule has 0 amide bonds. The molecule has 0 radical (unpaired) electrons. The highest BCUT2D eigenvalue weighted by atomic mass is 16.5. The number of aliphatic hydroxyl groups is 1. The van der Waals surface area contributed by atoms with E-state index in [1.807, 2.05) is 24.3 Å². The van der Waals surface area contributed by atoms with Crippen LogP contribution in [0.1, 0.15) is 18.4 Å². The van der Waals surface area contributed by atoms with Crippen molar-refractivity contribution in [2.75, 3.05) is 20.3 Å². The number of rotatable bonds is 8. The summed E-state index contributed by atoms with van der Waals surface area (Å²) in [5.74, 6) is 0.778. The van der Waals surface area contributed by atoms with Crippen molar-refractivity contribution in [3.05, 3.63) is 29.8 Å². The summed E-state index contributed by atoms with van der Waals surface area (Å²) >= 11 is 0. The molecule has 1 fully saturated rings. The molecular weight excluding hydrogens is 230 g/mol. The van der Waals surface area contributed by atoms with Gasteiger partial charge in [-0.3, -0.25) is 0 Å². The van der Waals surface area contributed by atoms with Gasteiger partial charge in [-0.1, -0.05) is 12.1 Å². The lowest BCUT2D eigenvalue weighted by Gasteiger charge is -2.11. The second-order valence-corrected chi connectivity index (χ2v) is 4.72. The third kappa shape index (κ3) is 4.64. The van der Waals surface area contributed by atoms with Crippen LogP contribution in [0.15, 0.2) is 24.3 Å². The summed E-state index contributed by atoms with van der Waals surface area (Å²) in [6.45, 7) is 1.47. The van der Waals surface area contributed by atoms with Crippen LogP contribution < -0.4 is 10.1 Å². The Morgan fingerprint density at radius 3 is 2.61 bits per heavy atom. The topological polar surface area (TPSA) is 50.7 Å². The van der Waals surface area contributed by atoms with E-state index < -0.39 is 6.10 Å². The van der Waals surface area contributed by atoms with Crippen molar-refractivity contribution in [3.63, 3.8) is 0 Å². The third-order valence-corrected chi connectivity index (χ3v) is 2.90. The molecule has 1 aromatic rings. The fourth-order valence-electron chi connectivity index (χ4n) is 1.69. The van der Waals surface area contributed by atoms with Crippen molar-refractivity contribution in [2.24, 2.45) is 0 Å². The average Bonchev–Trinajstić information content (AvgIpc) is 3.19. The van der Waals surface area contributed by atoms with Crippen LogP contribution >= 0.6 is 0 Å². The van der Waals surface area contributed by atoms with E-state index in [9.17, 15) is 5.11 Å². The molecular formula is C14H21NO3. The molecule has 1 atom stereocenters. The molecule has 100 valence electrons. The molecule has 1 saturated carbocycles. The van der Waals surface area contributed by atoms with Gasteiger partial charge in [0.2, 0.25) is 0 Å². The van der Waals surface area contributed by atoms with Crippen LogP contribution in [0.4, 0.5) is 0 Å². The van der Waals surface area contributed by atoms with E-state index in [-0.39, 0.29) is 6.61 Å². The molecule has 1 unspecified atom stereocenters. The lowest BCUT2D eigenvalue weighted by molar-refractivity contribution is 0.0325. The van der Waals surface area contributed by atoms with Gasteiger partial charge in [-0.05, 0) is 30.5 Å². The molecule has 1 aromatic carbocycles. The van der Waals surface area contributed by atoms with Crippen LogP contribution in [0, 0.1) is 0 Å².